The van der Waals surface area contributed by atoms with Crippen molar-refractivity contribution in [2.75, 3.05) is 6.26 Å². The topological polar surface area (TPSA) is 12.9 Å². The van der Waals surface area contributed by atoms with Crippen molar-refractivity contribution in [3.8, 4) is 0 Å². The molecule has 0 atom stereocenters. The molecule has 0 aromatic carbocycles. The minimum atomic E-state index is 0.557. The maximum Gasteiger partial charge on any atom is 0.130 e. The van der Waals surface area contributed by atoms with Crippen LogP contribution in [0.2, 0.25) is 5.15 Å². The summed E-state index contributed by atoms with van der Waals surface area (Å²) in [4.78, 5) is 4.99. The fraction of sp³-hybridized carbons (Fsp3) is 0.375. The maximum atomic E-state index is 5.60. The summed E-state index contributed by atoms with van der Waals surface area (Å²) < 4.78 is 0. The van der Waals surface area contributed by atoms with Crippen LogP contribution in [-0.2, 0) is 0 Å². The Balaban J connectivity index is 0.000000461. The largest absolute Gasteiger partial charge is 0.244 e. The van der Waals surface area contributed by atoms with E-state index >= 15 is 0 Å². The summed E-state index contributed by atoms with van der Waals surface area (Å²) in [5.74, 6) is 0. The normalized spacial score (nSPS) is 8.36. The first-order valence-corrected chi connectivity index (χ1v) is 5.09. The molecule has 0 N–H and O–H groups in total. The summed E-state index contributed by atoms with van der Waals surface area (Å²) in [6.07, 6.45) is 3.71. The van der Waals surface area contributed by atoms with Crippen LogP contribution < -0.4 is 0 Å². The second kappa shape index (κ2) is 6.50. The van der Waals surface area contributed by atoms with E-state index in [9.17, 15) is 0 Å². The monoisotopic (exact) mass is 189 g/mol. The van der Waals surface area contributed by atoms with Gasteiger partial charge in [-0.05, 0) is 18.4 Å². The van der Waals surface area contributed by atoms with E-state index in [-0.39, 0.29) is 0 Å². The third-order valence-electron chi connectivity index (χ3n) is 0.934. The zero-order valence-electron chi connectivity index (χ0n) is 6.97. The standard InChI is InChI=1S/C6H6ClNS.C2H6/c1-9-5-2-3-8-6(7)4-5;1-2/h2-4H,1H3;1-2H3. The van der Waals surface area contributed by atoms with E-state index in [1.165, 1.54) is 0 Å². The second-order valence-corrected chi connectivity index (χ2v) is 2.79. The molecule has 62 valence electrons. The Morgan fingerprint density at radius 2 is 2.09 bits per heavy atom. The number of nitrogens with zero attached hydrogens (tertiary/aromatic N) is 1. The summed E-state index contributed by atoms with van der Waals surface area (Å²) in [5, 5.41) is 0.557. The third kappa shape index (κ3) is 4.27. The van der Waals surface area contributed by atoms with Crippen molar-refractivity contribution < 1.29 is 0 Å². The molecule has 3 heteroatoms. The summed E-state index contributed by atoms with van der Waals surface area (Å²) in [6.45, 7) is 4.00. The lowest BCUT2D eigenvalue weighted by Gasteiger charge is -1.92. The molecule has 0 fully saturated rings. The van der Waals surface area contributed by atoms with E-state index in [4.69, 9.17) is 11.6 Å². The molecule has 0 amide bonds. The van der Waals surface area contributed by atoms with Crippen molar-refractivity contribution in [3.05, 3.63) is 23.5 Å². The number of hydrogen-bond donors (Lipinski definition) is 0. The van der Waals surface area contributed by atoms with Gasteiger partial charge < -0.3 is 0 Å². The average molecular weight is 190 g/mol. The molecule has 0 bridgehead atoms. The predicted molar refractivity (Wildman–Crippen MR) is 52.4 cm³/mol. The van der Waals surface area contributed by atoms with Crippen molar-refractivity contribution in [3.63, 3.8) is 0 Å². The predicted octanol–water partition coefficient (Wildman–Crippen LogP) is 3.48. The highest BCUT2D eigenvalue weighted by atomic mass is 35.5. The molecule has 1 heterocycles. The van der Waals surface area contributed by atoms with E-state index < -0.39 is 0 Å². The van der Waals surface area contributed by atoms with E-state index in [0.29, 0.717) is 5.15 Å². The van der Waals surface area contributed by atoms with Crippen molar-refractivity contribution >= 4 is 23.4 Å². The van der Waals surface area contributed by atoms with Gasteiger partial charge in [0.1, 0.15) is 5.15 Å². The molecule has 1 aromatic rings. The lowest BCUT2D eigenvalue weighted by Crippen LogP contribution is -1.73. The summed E-state index contributed by atoms with van der Waals surface area (Å²) in [7, 11) is 0. The van der Waals surface area contributed by atoms with Crippen LogP contribution in [0.3, 0.4) is 0 Å². The van der Waals surface area contributed by atoms with Crippen molar-refractivity contribution in [1.29, 1.82) is 0 Å². The first-order chi connectivity index (χ1) is 5.33. The molecule has 1 aromatic heterocycles. The molecule has 1 rings (SSSR count). The maximum absolute atomic E-state index is 5.60. The number of thioether (sulfide) groups is 1. The average Bonchev–Trinajstić information content (AvgIpc) is 2.08. The molecule has 0 aliphatic carbocycles. The molecule has 0 saturated carbocycles. The lowest BCUT2D eigenvalue weighted by atomic mass is 10.5. The smallest absolute Gasteiger partial charge is 0.130 e. The Morgan fingerprint density at radius 3 is 2.45 bits per heavy atom. The zero-order valence-corrected chi connectivity index (χ0v) is 8.54. The third-order valence-corrected chi connectivity index (χ3v) is 1.87. The van der Waals surface area contributed by atoms with Gasteiger partial charge in [0.05, 0.1) is 0 Å². The van der Waals surface area contributed by atoms with Gasteiger partial charge >= 0.3 is 0 Å². The van der Waals surface area contributed by atoms with Gasteiger partial charge in [-0.1, -0.05) is 25.4 Å². The molecule has 0 spiro atoms. The number of hydrogen-bond acceptors (Lipinski definition) is 2. The van der Waals surface area contributed by atoms with Gasteiger partial charge in [-0.2, -0.15) is 0 Å². The molecule has 1 nitrogen and oxygen atoms in total. The second-order valence-electron chi connectivity index (χ2n) is 1.52. The summed E-state index contributed by atoms with van der Waals surface area (Å²) in [5.41, 5.74) is 0. The van der Waals surface area contributed by atoms with Crippen LogP contribution in [0.1, 0.15) is 13.8 Å². The summed E-state index contributed by atoms with van der Waals surface area (Å²) >= 11 is 7.26. The molecule has 0 unspecified atom stereocenters. The van der Waals surface area contributed by atoms with Crippen molar-refractivity contribution in [1.82, 2.24) is 4.98 Å². The van der Waals surface area contributed by atoms with Crippen LogP contribution in [0, 0.1) is 0 Å². The highest BCUT2D eigenvalue weighted by Gasteiger charge is 1.89. The van der Waals surface area contributed by atoms with Gasteiger partial charge in [-0.3, -0.25) is 0 Å². The van der Waals surface area contributed by atoms with E-state index in [1.807, 2.05) is 32.2 Å². The zero-order chi connectivity index (χ0) is 8.69. The van der Waals surface area contributed by atoms with Gasteiger partial charge in [-0.25, -0.2) is 4.98 Å². The Bertz CT molecular complexity index is 203. The number of aromatic nitrogens is 1. The van der Waals surface area contributed by atoms with Gasteiger partial charge in [0.15, 0.2) is 0 Å². The van der Waals surface area contributed by atoms with E-state index in [0.717, 1.165) is 4.90 Å². The van der Waals surface area contributed by atoms with Crippen LogP contribution in [0.15, 0.2) is 23.2 Å². The molecular weight excluding hydrogens is 178 g/mol. The van der Waals surface area contributed by atoms with Crippen LogP contribution in [0.5, 0.6) is 0 Å². The quantitative estimate of drug-likeness (QED) is 0.496. The first-order valence-electron chi connectivity index (χ1n) is 3.48. The van der Waals surface area contributed by atoms with Gasteiger partial charge in [0.2, 0.25) is 0 Å². The minimum Gasteiger partial charge on any atom is -0.244 e. The highest BCUT2D eigenvalue weighted by molar-refractivity contribution is 7.98. The fourth-order valence-electron chi connectivity index (χ4n) is 0.512. The van der Waals surface area contributed by atoms with E-state index in [1.54, 1.807) is 18.0 Å². The molecule has 11 heavy (non-hydrogen) atoms. The highest BCUT2D eigenvalue weighted by Crippen LogP contribution is 2.16. The lowest BCUT2D eigenvalue weighted by molar-refractivity contribution is 1.26. The Labute approximate surface area is 77.2 Å². The molecule has 0 saturated heterocycles. The Morgan fingerprint density at radius 1 is 1.45 bits per heavy atom. The molecular formula is C8H12ClNS. The van der Waals surface area contributed by atoms with Crippen LogP contribution >= 0.6 is 23.4 Å². The number of pyridine rings is 1. The SMILES string of the molecule is CC.CSc1ccnc(Cl)c1. The number of halogens is 1. The number of rotatable bonds is 1. The van der Waals surface area contributed by atoms with Gasteiger partial charge in [0, 0.05) is 11.1 Å². The van der Waals surface area contributed by atoms with Crippen LogP contribution in [0.25, 0.3) is 0 Å². The Kier molecular flexibility index (Phi) is 6.37. The van der Waals surface area contributed by atoms with Crippen LogP contribution in [-0.4, -0.2) is 11.2 Å². The molecule has 0 aliphatic rings. The molecule has 0 radical (unpaired) electrons. The fourth-order valence-corrected chi connectivity index (χ4v) is 1.18. The van der Waals surface area contributed by atoms with Crippen LogP contribution in [0.4, 0.5) is 0 Å². The molecule has 0 aliphatic heterocycles. The van der Waals surface area contributed by atoms with Gasteiger partial charge in [-0.15, -0.1) is 11.8 Å². The van der Waals surface area contributed by atoms with Crippen molar-refractivity contribution in [2.45, 2.75) is 18.7 Å². The van der Waals surface area contributed by atoms with Crippen molar-refractivity contribution in [2.24, 2.45) is 0 Å². The first kappa shape index (κ1) is 10.8. The Hall–Kier alpha value is -0.210. The van der Waals surface area contributed by atoms with E-state index in [2.05, 4.69) is 4.98 Å². The minimum absolute atomic E-state index is 0.557. The summed E-state index contributed by atoms with van der Waals surface area (Å²) in [6, 6.07) is 3.77. The van der Waals surface area contributed by atoms with Gasteiger partial charge in [0.25, 0.3) is 0 Å².